The molecule has 6 N–H and O–H groups in total. The van der Waals surface area contributed by atoms with Crippen molar-refractivity contribution in [3.8, 4) is 0 Å². The second-order valence-corrected chi connectivity index (χ2v) is 25.7. The highest BCUT2D eigenvalue weighted by Crippen LogP contribution is 2.23. The minimum absolute atomic E-state index is 0.186. The maximum Gasteiger partial charge on any atom is 0.220 e. The number of ether oxygens (including phenoxy) is 2. The molecule has 0 aliphatic carbocycles. The van der Waals surface area contributed by atoms with Crippen molar-refractivity contribution in [2.75, 3.05) is 13.2 Å². The Kier molecular flexibility index (Phi) is 61.7. The van der Waals surface area contributed by atoms with Crippen LogP contribution in [-0.2, 0) is 14.3 Å². The van der Waals surface area contributed by atoms with Crippen molar-refractivity contribution in [1.82, 2.24) is 5.32 Å². The molecule has 85 heavy (non-hydrogen) atoms. The zero-order valence-corrected chi connectivity index (χ0v) is 55.9. The van der Waals surface area contributed by atoms with E-state index in [4.69, 9.17) is 9.47 Å². The Morgan fingerprint density at radius 1 is 0.400 bits per heavy atom. The molecule has 0 saturated carbocycles. The van der Waals surface area contributed by atoms with Crippen LogP contribution in [0.1, 0.15) is 361 Å². The first-order valence-electron chi connectivity index (χ1n) is 37.0. The number of carbonyl (C=O) groups excluding carboxylic acids is 1. The maximum atomic E-state index is 13.1. The molecule has 9 heteroatoms. The van der Waals surface area contributed by atoms with Crippen molar-refractivity contribution in [3.63, 3.8) is 0 Å². The van der Waals surface area contributed by atoms with Gasteiger partial charge in [0.2, 0.25) is 5.91 Å². The summed E-state index contributed by atoms with van der Waals surface area (Å²) < 4.78 is 11.3. The highest BCUT2D eigenvalue weighted by Gasteiger charge is 2.44. The molecule has 1 aliphatic rings. The van der Waals surface area contributed by atoms with E-state index >= 15 is 0 Å². The number of aliphatic hydroxyl groups excluding tert-OH is 5. The van der Waals surface area contributed by atoms with Gasteiger partial charge in [0.1, 0.15) is 24.4 Å². The van der Waals surface area contributed by atoms with Crippen LogP contribution in [0.4, 0.5) is 0 Å². The van der Waals surface area contributed by atoms with Crippen molar-refractivity contribution in [2.24, 2.45) is 0 Å². The van der Waals surface area contributed by atoms with Crippen molar-refractivity contribution in [3.05, 3.63) is 60.8 Å². The van der Waals surface area contributed by atoms with E-state index in [9.17, 15) is 30.3 Å². The molecule has 0 bridgehead atoms. The van der Waals surface area contributed by atoms with Crippen molar-refractivity contribution in [1.29, 1.82) is 0 Å². The van der Waals surface area contributed by atoms with Gasteiger partial charge in [0, 0.05) is 6.42 Å². The lowest BCUT2D eigenvalue weighted by atomic mass is 9.99. The molecule has 1 fully saturated rings. The molecule has 0 aromatic carbocycles. The van der Waals surface area contributed by atoms with Crippen LogP contribution in [0, 0.1) is 0 Å². The van der Waals surface area contributed by atoms with Gasteiger partial charge in [0.25, 0.3) is 0 Å². The largest absolute Gasteiger partial charge is 0.394 e. The Morgan fingerprint density at radius 2 is 0.706 bits per heavy atom. The zero-order valence-electron chi connectivity index (χ0n) is 55.9. The van der Waals surface area contributed by atoms with Gasteiger partial charge in [-0.2, -0.15) is 0 Å². The molecular formula is C76H141NO8. The summed E-state index contributed by atoms with van der Waals surface area (Å²) in [5.74, 6) is -0.186. The fourth-order valence-corrected chi connectivity index (χ4v) is 11.8. The van der Waals surface area contributed by atoms with Gasteiger partial charge in [0.05, 0.1) is 25.4 Å². The number of allylic oxidation sites excluding steroid dienone is 9. The van der Waals surface area contributed by atoms with Crippen molar-refractivity contribution in [2.45, 2.75) is 403 Å². The molecule has 498 valence electrons. The van der Waals surface area contributed by atoms with E-state index in [1.807, 2.05) is 6.08 Å². The molecule has 1 amide bonds. The Balaban J connectivity index is 2.11. The summed E-state index contributed by atoms with van der Waals surface area (Å²) >= 11 is 0. The molecule has 0 aromatic heterocycles. The molecule has 1 aliphatic heterocycles. The van der Waals surface area contributed by atoms with Gasteiger partial charge in [-0.15, -0.1) is 0 Å². The average Bonchev–Trinajstić information content (AvgIpc) is 3.57. The van der Waals surface area contributed by atoms with E-state index in [-0.39, 0.29) is 12.5 Å². The number of hydrogen-bond acceptors (Lipinski definition) is 8. The van der Waals surface area contributed by atoms with Crippen LogP contribution in [-0.4, -0.2) is 87.5 Å². The molecule has 0 radical (unpaired) electrons. The van der Waals surface area contributed by atoms with E-state index in [0.717, 1.165) is 51.4 Å². The van der Waals surface area contributed by atoms with E-state index in [2.05, 4.69) is 67.8 Å². The predicted octanol–water partition coefficient (Wildman–Crippen LogP) is 20.5. The number of unbranched alkanes of at least 4 members (excludes halogenated alkanes) is 47. The molecular weight excluding hydrogens is 1050 g/mol. The van der Waals surface area contributed by atoms with Gasteiger partial charge in [-0.1, -0.05) is 338 Å². The number of carbonyl (C=O) groups is 1. The fraction of sp³-hybridized carbons (Fsp3) is 0.855. The van der Waals surface area contributed by atoms with E-state index in [1.54, 1.807) is 6.08 Å². The lowest BCUT2D eigenvalue weighted by Gasteiger charge is -2.40. The van der Waals surface area contributed by atoms with Crippen LogP contribution in [0.25, 0.3) is 0 Å². The first-order chi connectivity index (χ1) is 41.8. The van der Waals surface area contributed by atoms with E-state index in [0.29, 0.717) is 6.42 Å². The topological polar surface area (TPSA) is 149 Å². The molecule has 7 unspecified atom stereocenters. The Labute approximate surface area is 526 Å². The van der Waals surface area contributed by atoms with Crippen LogP contribution in [0.3, 0.4) is 0 Å². The van der Waals surface area contributed by atoms with Crippen molar-refractivity contribution >= 4 is 5.91 Å². The number of aliphatic hydroxyl groups is 5. The fourth-order valence-electron chi connectivity index (χ4n) is 11.8. The van der Waals surface area contributed by atoms with E-state index < -0.39 is 49.5 Å². The minimum atomic E-state index is -1.58. The van der Waals surface area contributed by atoms with Crippen LogP contribution in [0.5, 0.6) is 0 Å². The first-order valence-corrected chi connectivity index (χ1v) is 37.0. The SMILES string of the molecule is CCCCCCCCCCCCCCC/C=C\C/C=C\CCCCCCCCCCCCCCCCCCCC(=O)NC(COC1OC(CO)C(O)C(O)C1O)C(O)/C=C/CC/C=C/CC/C=C/CCCCCCCCCCCCCCCCC. The van der Waals surface area contributed by atoms with E-state index in [1.165, 1.54) is 289 Å². The van der Waals surface area contributed by atoms with Gasteiger partial charge in [-0.25, -0.2) is 0 Å². The lowest BCUT2D eigenvalue weighted by Crippen LogP contribution is -2.60. The molecule has 1 rings (SSSR count). The van der Waals surface area contributed by atoms with Crippen LogP contribution >= 0.6 is 0 Å². The lowest BCUT2D eigenvalue weighted by molar-refractivity contribution is -0.302. The van der Waals surface area contributed by atoms with Gasteiger partial charge in [0.15, 0.2) is 6.29 Å². The van der Waals surface area contributed by atoms with Gasteiger partial charge >= 0.3 is 0 Å². The van der Waals surface area contributed by atoms with Crippen LogP contribution < -0.4 is 5.32 Å². The second-order valence-electron chi connectivity index (χ2n) is 25.7. The smallest absolute Gasteiger partial charge is 0.220 e. The highest BCUT2D eigenvalue weighted by atomic mass is 16.7. The Bertz CT molecular complexity index is 1530. The zero-order chi connectivity index (χ0) is 61.4. The Morgan fingerprint density at radius 3 is 1.06 bits per heavy atom. The molecule has 1 saturated heterocycles. The normalized spacial score (nSPS) is 18.4. The van der Waals surface area contributed by atoms with Gasteiger partial charge in [-0.05, 0) is 77.0 Å². The third-order valence-electron chi connectivity index (χ3n) is 17.5. The molecule has 1 heterocycles. The predicted molar refractivity (Wildman–Crippen MR) is 364 cm³/mol. The maximum absolute atomic E-state index is 13.1. The summed E-state index contributed by atoms with van der Waals surface area (Å²) in [5, 5.41) is 54.7. The second kappa shape index (κ2) is 64.9. The third-order valence-corrected chi connectivity index (χ3v) is 17.5. The first kappa shape index (κ1) is 80.9. The summed E-state index contributed by atoms with van der Waals surface area (Å²) in [5.41, 5.74) is 0. The molecule has 7 atom stereocenters. The van der Waals surface area contributed by atoms with Gasteiger partial charge < -0.3 is 40.3 Å². The third kappa shape index (κ3) is 53.4. The number of hydrogen-bond donors (Lipinski definition) is 6. The quantitative estimate of drug-likeness (QED) is 0.0261. The summed E-state index contributed by atoms with van der Waals surface area (Å²) in [6.07, 6.45) is 83.5. The molecule has 0 aromatic rings. The summed E-state index contributed by atoms with van der Waals surface area (Å²) in [6, 6.07) is -0.831. The highest BCUT2D eigenvalue weighted by molar-refractivity contribution is 5.76. The molecule has 0 spiro atoms. The summed E-state index contributed by atoms with van der Waals surface area (Å²) in [7, 11) is 0. The number of rotatable bonds is 65. The van der Waals surface area contributed by atoms with Crippen LogP contribution in [0.2, 0.25) is 0 Å². The number of amides is 1. The monoisotopic (exact) mass is 1200 g/mol. The van der Waals surface area contributed by atoms with Gasteiger partial charge in [-0.3, -0.25) is 4.79 Å². The summed E-state index contributed by atoms with van der Waals surface area (Å²) in [6.45, 7) is 3.81. The standard InChI is InChI=1S/C76H141NO8/c1-3-5-7-9-11-13-15-17-19-21-23-25-27-29-30-31-32-33-34-35-36-37-38-39-40-42-44-46-48-50-52-54-56-58-60-62-64-66-72(80)77-69(68-84-76-75(83)74(82)73(81)71(67-78)85-76)70(79)65-63-61-59-57-55-53-51-49-47-45-43-41-28-26-24-22-20-18-16-14-12-10-8-6-4-2/h30-31,33-34,47,49,55,57,63,65,69-71,73-76,78-79,81-83H,3-29,32,35-46,48,50-54,56,58-62,64,66-68H2,1-2H3,(H,77,80)/b31-30-,34-33-,49-47+,57-55+,65-63+. The Hall–Kier alpha value is -2.11. The minimum Gasteiger partial charge on any atom is -0.394 e. The average molecular weight is 1200 g/mol. The molecule has 9 nitrogen and oxygen atoms in total. The van der Waals surface area contributed by atoms with Crippen molar-refractivity contribution < 1.29 is 39.8 Å². The summed E-state index contributed by atoms with van der Waals surface area (Å²) in [4.78, 5) is 13.1. The number of nitrogens with one attached hydrogen (secondary N) is 1. The van der Waals surface area contributed by atoms with Crippen LogP contribution in [0.15, 0.2) is 60.8 Å².